The van der Waals surface area contributed by atoms with Crippen LogP contribution in [0.2, 0.25) is 0 Å². The maximum absolute atomic E-state index is 11.4. The van der Waals surface area contributed by atoms with E-state index in [-0.39, 0.29) is 17.4 Å². The van der Waals surface area contributed by atoms with Crippen LogP contribution in [0.25, 0.3) is 5.65 Å². The normalized spacial score (nSPS) is 19.6. The van der Waals surface area contributed by atoms with E-state index in [1.165, 1.54) is 0 Å². The van der Waals surface area contributed by atoms with Gasteiger partial charge in [0.15, 0.2) is 11.5 Å². The van der Waals surface area contributed by atoms with E-state index in [1.54, 1.807) is 11.6 Å². The zero-order valence-electron chi connectivity index (χ0n) is 10.6. The maximum Gasteiger partial charge on any atom is 0.216 e. The lowest BCUT2D eigenvalue weighted by Crippen LogP contribution is -2.22. The Labute approximate surface area is 111 Å². The van der Waals surface area contributed by atoms with E-state index < -0.39 is 9.84 Å². The lowest BCUT2D eigenvalue weighted by atomic mass is 10.0. The van der Waals surface area contributed by atoms with Gasteiger partial charge in [0.2, 0.25) is 5.88 Å². The molecule has 0 N–H and O–H groups in total. The number of methoxy groups -OCH3 is 1. The molecule has 2 aromatic heterocycles. The van der Waals surface area contributed by atoms with E-state index in [4.69, 9.17) is 4.74 Å². The molecule has 1 saturated heterocycles. The minimum atomic E-state index is -2.85. The second kappa shape index (κ2) is 4.48. The molecule has 3 rings (SSSR count). The highest BCUT2D eigenvalue weighted by atomic mass is 32.2. The molecule has 2 aromatic rings. The number of rotatable bonds is 2. The fraction of sp³-hybridized carbons (Fsp3) is 0.500. The zero-order valence-corrected chi connectivity index (χ0v) is 11.4. The van der Waals surface area contributed by atoms with Gasteiger partial charge in [0.05, 0.1) is 18.6 Å². The summed E-state index contributed by atoms with van der Waals surface area (Å²) in [5.74, 6) is 1.90. The van der Waals surface area contributed by atoms with E-state index >= 15 is 0 Å². The Morgan fingerprint density at radius 1 is 1.32 bits per heavy atom. The molecule has 0 bridgehead atoms. The van der Waals surface area contributed by atoms with Gasteiger partial charge in [-0.05, 0) is 18.9 Å². The second-order valence-corrected chi connectivity index (χ2v) is 7.04. The Bertz CT molecular complexity index is 694. The fourth-order valence-corrected chi connectivity index (χ4v) is 3.86. The zero-order chi connectivity index (χ0) is 13.5. The molecule has 0 atom stereocenters. The van der Waals surface area contributed by atoms with Crippen molar-refractivity contribution in [2.45, 2.75) is 18.8 Å². The summed E-state index contributed by atoms with van der Waals surface area (Å²) < 4.78 is 29.7. The van der Waals surface area contributed by atoms with Crippen molar-refractivity contribution in [3.8, 4) is 5.88 Å². The number of fused-ring (bicyclic) bond motifs is 1. The Balaban J connectivity index is 1.94. The van der Waals surface area contributed by atoms with E-state index in [0.29, 0.717) is 24.5 Å². The Morgan fingerprint density at radius 2 is 2.05 bits per heavy atom. The molecular weight excluding hydrogens is 266 g/mol. The summed E-state index contributed by atoms with van der Waals surface area (Å²) in [5, 5.41) is 4.44. The summed E-state index contributed by atoms with van der Waals surface area (Å²) in [4.78, 5) is 4.47. The Hall–Kier alpha value is -1.63. The minimum Gasteiger partial charge on any atom is -0.481 e. The number of ether oxygens (including phenoxy) is 1. The number of hydrogen-bond acceptors (Lipinski definition) is 5. The Kier molecular flexibility index (Phi) is 2.93. The lowest BCUT2D eigenvalue weighted by Gasteiger charge is -2.18. The van der Waals surface area contributed by atoms with Crippen molar-refractivity contribution in [1.82, 2.24) is 14.6 Å². The predicted octanol–water partition coefficient (Wildman–Crippen LogP) is 1.03. The van der Waals surface area contributed by atoms with Crippen molar-refractivity contribution in [1.29, 1.82) is 0 Å². The van der Waals surface area contributed by atoms with Crippen LogP contribution in [-0.4, -0.2) is 41.6 Å². The topological polar surface area (TPSA) is 73.6 Å². The summed E-state index contributed by atoms with van der Waals surface area (Å²) >= 11 is 0. The number of pyridine rings is 1. The molecule has 0 unspecified atom stereocenters. The third-order valence-corrected chi connectivity index (χ3v) is 5.19. The van der Waals surface area contributed by atoms with Crippen LogP contribution in [0.3, 0.4) is 0 Å². The number of nitrogens with zero attached hydrogens (tertiary/aromatic N) is 3. The molecule has 1 aliphatic rings. The molecule has 6 nitrogen and oxygen atoms in total. The van der Waals surface area contributed by atoms with Gasteiger partial charge in [0.25, 0.3) is 0 Å². The molecule has 0 radical (unpaired) electrons. The molecule has 3 heterocycles. The molecule has 7 heteroatoms. The van der Waals surface area contributed by atoms with Crippen molar-refractivity contribution in [2.24, 2.45) is 0 Å². The summed E-state index contributed by atoms with van der Waals surface area (Å²) in [6.45, 7) is 0. The van der Waals surface area contributed by atoms with Gasteiger partial charge >= 0.3 is 0 Å². The molecule has 1 fully saturated rings. The third-order valence-electron chi connectivity index (χ3n) is 3.47. The van der Waals surface area contributed by atoms with E-state index in [0.717, 1.165) is 5.65 Å². The average Bonchev–Trinajstić information content (AvgIpc) is 2.82. The summed E-state index contributed by atoms with van der Waals surface area (Å²) in [6, 6.07) is 5.54. The van der Waals surface area contributed by atoms with Crippen molar-refractivity contribution >= 4 is 15.5 Å². The van der Waals surface area contributed by atoms with Crippen LogP contribution in [-0.2, 0) is 9.84 Å². The first-order valence-electron chi connectivity index (χ1n) is 6.19. The fourth-order valence-electron chi connectivity index (χ4n) is 2.37. The number of aromatic nitrogens is 3. The lowest BCUT2D eigenvalue weighted by molar-refractivity contribution is 0.384. The number of hydrogen-bond donors (Lipinski definition) is 0. The highest BCUT2D eigenvalue weighted by Gasteiger charge is 2.27. The third kappa shape index (κ3) is 2.30. The van der Waals surface area contributed by atoms with Gasteiger partial charge in [0.1, 0.15) is 9.84 Å². The van der Waals surface area contributed by atoms with Crippen LogP contribution < -0.4 is 4.74 Å². The predicted molar refractivity (Wildman–Crippen MR) is 70.2 cm³/mol. The SMILES string of the molecule is COc1cccc2nc(C3CCS(=O)(=O)CC3)nn12. The van der Waals surface area contributed by atoms with Crippen molar-refractivity contribution in [3.05, 3.63) is 24.0 Å². The van der Waals surface area contributed by atoms with Gasteiger partial charge in [0, 0.05) is 12.0 Å². The van der Waals surface area contributed by atoms with Crippen molar-refractivity contribution < 1.29 is 13.2 Å². The van der Waals surface area contributed by atoms with Crippen LogP contribution in [0, 0.1) is 0 Å². The van der Waals surface area contributed by atoms with Crippen LogP contribution in [0.5, 0.6) is 5.88 Å². The average molecular weight is 281 g/mol. The number of sulfone groups is 1. The molecule has 102 valence electrons. The van der Waals surface area contributed by atoms with E-state index in [2.05, 4.69) is 10.1 Å². The quantitative estimate of drug-likeness (QED) is 0.822. The monoisotopic (exact) mass is 281 g/mol. The molecule has 19 heavy (non-hydrogen) atoms. The first-order chi connectivity index (χ1) is 9.09. The smallest absolute Gasteiger partial charge is 0.216 e. The molecule has 0 aromatic carbocycles. The summed E-state index contributed by atoms with van der Waals surface area (Å²) in [5.41, 5.74) is 0.725. The van der Waals surface area contributed by atoms with Gasteiger partial charge in [-0.3, -0.25) is 0 Å². The molecule has 0 amide bonds. The largest absolute Gasteiger partial charge is 0.481 e. The van der Waals surface area contributed by atoms with E-state index in [9.17, 15) is 8.42 Å². The maximum atomic E-state index is 11.4. The summed E-state index contributed by atoms with van der Waals surface area (Å²) in [6.07, 6.45) is 1.20. The first kappa shape index (κ1) is 12.4. The van der Waals surface area contributed by atoms with Gasteiger partial charge in [-0.2, -0.15) is 4.52 Å². The van der Waals surface area contributed by atoms with Crippen molar-refractivity contribution in [2.75, 3.05) is 18.6 Å². The molecule has 0 saturated carbocycles. The van der Waals surface area contributed by atoms with Crippen LogP contribution in [0.15, 0.2) is 18.2 Å². The highest BCUT2D eigenvalue weighted by Crippen LogP contribution is 2.27. The summed E-state index contributed by atoms with van der Waals surface area (Å²) in [7, 11) is -1.27. The van der Waals surface area contributed by atoms with Gasteiger partial charge in [-0.1, -0.05) is 6.07 Å². The molecule has 0 spiro atoms. The van der Waals surface area contributed by atoms with Gasteiger partial charge in [-0.15, -0.1) is 5.10 Å². The van der Waals surface area contributed by atoms with Gasteiger partial charge in [-0.25, -0.2) is 13.4 Å². The molecule has 1 aliphatic heterocycles. The molecule has 0 aliphatic carbocycles. The standard InChI is InChI=1S/C12H15N3O3S/c1-18-11-4-2-3-10-13-12(14-15(10)11)9-5-7-19(16,17)8-6-9/h2-4,9H,5-8H2,1H3. The minimum absolute atomic E-state index is 0.119. The van der Waals surface area contributed by atoms with Crippen LogP contribution in [0.4, 0.5) is 0 Å². The highest BCUT2D eigenvalue weighted by molar-refractivity contribution is 7.91. The van der Waals surface area contributed by atoms with Crippen LogP contribution in [0.1, 0.15) is 24.6 Å². The van der Waals surface area contributed by atoms with Crippen LogP contribution >= 0.6 is 0 Å². The second-order valence-electron chi connectivity index (χ2n) is 4.73. The van der Waals surface area contributed by atoms with Gasteiger partial charge < -0.3 is 4.74 Å². The Morgan fingerprint density at radius 3 is 2.74 bits per heavy atom. The molecular formula is C12H15N3O3S. The van der Waals surface area contributed by atoms with E-state index in [1.807, 2.05) is 18.2 Å². The first-order valence-corrected chi connectivity index (χ1v) is 8.01. The van der Waals surface area contributed by atoms with Crippen molar-refractivity contribution in [3.63, 3.8) is 0 Å².